The Morgan fingerprint density at radius 1 is 1.11 bits per heavy atom. The van der Waals surface area contributed by atoms with Crippen molar-refractivity contribution in [2.24, 2.45) is 0 Å². The normalized spacial score (nSPS) is 11.1. The van der Waals surface area contributed by atoms with Crippen LogP contribution in [0, 0.1) is 0 Å². The van der Waals surface area contributed by atoms with Gasteiger partial charge in [0.15, 0.2) is 8.68 Å². The average Bonchev–Trinajstić information content (AvgIpc) is 2.85. The molecular weight excluding hydrogens is 280 g/mol. The number of rotatable bonds is 5. The molecule has 2 nitrogen and oxygen atoms in total. The molecule has 0 spiro atoms. The fraction of sp³-hybridized carbons (Fsp3) is 0.385. The molecule has 1 aromatic heterocycles. The predicted octanol–water partition coefficient (Wildman–Crippen LogP) is 4.68. The summed E-state index contributed by atoms with van der Waals surface area (Å²) in [6, 6.07) is 8.85. The number of benzene rings is 1. The molecule has 0 fully saturated rings. The molecule has 18 heavy (non-hydrogen) atoms. The summed E-state index contributed by atoms with van der Waals surface area (Å²) in [6.45, 7) is 4.43. The summed E-state index contributed by atoms with van der Waals surface area (Å²) in [5.41, 5.74) is 2.73. The molecule has 0 saturated heterocycles. The molecule has 2 rings (SSSR count). The molecule has 2 aromatic rings. The summed E-state index contributed by atoms with van der Waals surface area (Å²) in [5, 5.41) is 8.25. The van der Waals surface area contributed by atoms with Crippen LogP contribution in [-0.4, -0.2) is 16.5 Å². The monoisotopic (exact) mass is 296 g/mol. The third-order valence-corrected chi connectivity index (χ3v) is 5.67. The minimum absolute atomic E-state index is 0.596. The van der Waals surface area contributed by atoms with Crippen molar-refractivity contribution in [1.82, 2.24) is 10.2 Å². The zero-order valence-corrected chi connectivity index (χ0v) is 13.2. The van der Waals surface area contributed by atoms with Crippen LogP contribution in [0.3, 0.4) is 0 Å². The molecule has 0 aliphatic rings. The quantitative estimate of drug-likeness (QED) is 0.748. The first-order chi connectivity index (χ1) is 8.69. The van der Waals surface area contributed by atoms with Crippen molar-refractivity contribution in [2.45, 2.75) is 34.2 Å². The first kappa shape index (κ1) is 13.9. The topological polar surface area (TPSA) is 25.8 Å². The largest absolute Gasteiger partial charge is 0.175 e. The zero-order chi connectivity index (χ0) is 13.0. The summed E-state index contributed by atoms with van der Waals surface area (Å²) in [6.07, 6.45) is 2.03. The van der Waals surface area contributed by atoms with Crippen LogP contribution in [-0.2, 0) is 5.75 Å². The van der Waals surface area contributed by atoms with E-state index in [1.807, 2.05) is 6.26 Å². The van der Waals surface area contributed by atoms with Crippen LogP contribution in [0.5, 0.6) is 0 Å². The Morgan fingerprint density at radius 2 is 1.78 bits per heavy atom. The second-order valence-electron chi connectivity index (χ2n) is 4.22. The Hall–Kier alpha value is -0.520. The van der Waals surface area contributed by atoms with Crippen LogP contribution in [0.25, 0.3) is 0 Å². The van der Waals surface area contributed by atoms with E-state index in [0.717, 1.165) is 14.4 Å². The summed E-state index contributed by atoms with van der Waals surface area (Å²) in [7, 11) is 0. The smallest absolute Gasteiger partial charge is 0.131 e. The number of hydrogen-bond donors (Lipinski definition) is 0. The van der Waals surface area contributed by atoms with Gasteiger partial charge >= 0.3 is 0 Å². The second kappa shape index (κ2) is 6.59. The van der Waals surface area contributed by atoms with Gasteiger partial charge in [0, 0.05) is 5.75 Å². The van der Waals surface area contributed by atoms with E-state index >= 15 is 0 Å². The fourth-order valence-electron chi connectivity index (χ4n) is 1.48. The minimum Gasteiger partial charge on any atom is -0.131 e. The Labute approximate surface area is 121 Å². The van der Waals surface area contributed by atoms with Crippen molar-refractivity contribution in [3.8, 4) is 0 Å². The molecule has 96 valence electrons. The van der Waals surface area contributed by atoms with E-state index in [0.29, 0.717) is 5.92 Å². The van der Waals surface area contributed by atoms with Crippen molar-refractivity contribution in [1.29, 1.82) is 0 Å². The maximum absolute atomic E-state index is 4.16. The highest BCUT2D eigenvalue weighted by Crippen LogP contribution is 2.29. The third-order valence-electron chi connectivity index (χ3n) is 2.57. The van der Waals surface area contributed by atoms with Crippen LogP contribution in [0.4, 0.5) is 0 Å². The van der Waals surface area contributed by atoms with Gasteiger partial charge in [-0.25, -0.2) is 0 Å². The molecular formula is C13H16N2S3. The van der Waals surface area contributed by atoms with Gasteiger partial charge in [-0.2, -0.15) is 0 Å². The van der Waals surface area contributed by atoms with Crippen LogP contribution in [0.1, 0.15) is 30.9 Å². The zero-order valence-electron chi connectivity index (χ0n) is 10.7. The molecule has 0 aliphatic carbocycles. The van der Waals surface area contributed by atoms with Gasteiger partial charge in [-0.05, 0) is 23.3 Å². The van der Waals surface area contributed by atoms with Crippen molar-refractivity contribution in [3.63, 3.8) is 0 Å². The minimum atomic E-state index is 0.596. The van der Waals surface area contributed by atoms with Gasteiger partial charge in [0.05, 0.1) is 0 Å². The number of aromatic nitrogens is 2. The van der Waals surface area contributed by atoms with Gasteiger partial charge in [-0.1, -0.05) is 73.0 Å². The average molecular weight is 296 g/mol. The summed E-state index contributed by atoms with van der Waals surface area (Å²) in [5.74, 6) is 1.56. The lowest BCUT2D eigenvalue weighted by atomic mass is 10.0. The maximum atomic E-state index is 4.16. The Kier molecular flexibility index (Phi) is 5.09. The van der Waals surface area contributed by atoms with E-state index in [2.05, 4.69) is 48.3 Å². The Bertz CT molecular complexity index is 491. The van der Waals surface area contributed by atoms with Gasteiger partial charge in [-0.3, -0.25) is 0 Å². The standard InChI is InChI=1S/C13H16N2S3/c1-9(2)11-6-4-10(5-7-11)8-17-13-15-14-12(16-3)18-13/h4-7,9H,8H2,1-3H3. The van der Waals surface area contributed by atoms with E-state index in [1.54, 1.807) is 34.9 Å². The van der Waals surface area contributed by atoms with Gasteiger partial charge < -0.3 is 0 Å². The summed E-state index contributed by atoms with van der Waals surface area (Å²) < 4.78 is 2.08. The SMILES string of the molecule is CSc1nnc(SCc2ccc(C(C)C)cc2)s1. The number of hydrogen-bond acceptors (Lipinski definition) is 5. The fourth-order valence-corrected chi connectivity index (χ4v) is 3.88. The van der Waals surface area contributed by atoms with E-state index in [-0.39, 0.29) is 0 Å². The molecule has 0 saturated carbocycles. The lowest BCUT2D eigenvalue weighted by Crippen LogP contribution is -1.87. The highest BCUT2D eigenvalue weighted by molar-refractivity contribution is 8.02. The molecule has 0 bridgehead atoms. The molecule has 0 aliphatic heterocycles. The van der Waals surface area contributed by atoms with Crippen molar-refractivity contribution in [2.75, 3.05) is 6.26 Å². The molecule has 0 atom stereocenters. The number of nitrogens with zero attached hydrogens (tertiary/aromatic N) is 2. The lowest BCUT2D eigenvalue weighted by Gasteiger charge is -2.05. The van der Waals surface area contributed by atoms with Crippen molar-refractivity contribution < 1.29 is 0 Å². The van der Waals surface area contributed by atoms with E-state index in [9.17, 15) is 0 Å². The third kappa shape index (κ3) is 3.73. The van der Waals surface area contributed by atoms with Gasteiger partial charge in [0.2, 0.25) is 0 Å². The molecule has 0 N–H and O–H groups in total. The molecule has 1 heterocycles. The molecule has 5 heteroatoms. The highest BCUT2D eigenvalue weighted by atomic mass is 32.2. The first-order valence-corrected chi connectivity index (χ1v) is 8.81. The van der Waals surface area contributed by atoms with Crippen LogP contribution >= 0.6 is 34.9 Å². The second-order valence-corrected chi connectivity index (χ2v) is 7.48. The lowest BCUT2D eigenvalue weighted by molar-refractivity contribution is 0.866. The first-order valence-electron chi connectivity index (χ1n) is 5.78. The Balaban J connectivity index is 1.93. The van der Waals surface area contributed by atoms with Crippen LogP contribution in [0.2, 0.25) is 0 Å². The van der Waals surface area contributed by atoms with E-state index in [4.69, 9.17) is 0 Å². The Morgan fingerprint density at radius 3 is 2.33 bits per heavy atom. The molecule has 0 amide bonds. The number of thioether (sulfide) groups is 2. The van der Waals surface area contributed by atoms with Crippen LogP contribution in [0.15, 0.2) is 32.9 Å². The predicted molar refractivity (Wildman–Crippen MR) is 81.8 cm³/mol. The molecule has 1 aromatic carbocycles. The van der Waals surface area contributed by atoms with Gasteiger partial charge in [-0.15, -0.1) is 10.2 Å². The molecule has 0 radical (unpaired) electrons. The van der Waals surface area contributed by atoms with Crippen molar-refractivity contribution in [3.05, 3.63) is 35.4 Å². The maximum Gasteiger partial charge on any atom is 0.175 e. The van der Waals surface area contributed by atoms with Gasteiger partial charge in [0.25, 0.3) is 0 Å². The summed E-state index contributed by atoms with van der Waals surface area (Å²) in [4.78, 5) is 0. The summed E-state index contributed by atoms with van der Waals surface area (Å²) >= 11 is 5.07. The van der Waals surface area contributed by atoms with E-state index in [1.165, 1.54) is 11.1 Å². The highest BCUT2D eigenvalue weighted by Gasteiger charge is 2.04. The molecule has 0 unspecified atom stereocenters. The van der Waals surface area contributed by atoms with Crippen molar-refractivity contribution >= 4 is 34.9 Å². The van der Waals surface area contributed by atoms with Gasteiger partial charge in [0.1, 0.15) is 0 Å². The van der Waals surface area contributed by atoms with Crippen LogP contribution < -0.4 is 0 Å². The van der Waals surface area contributed by atoms with E-state index < -0.39 is 0 Å².